The van der Waals surface area contributed by atoms with Gasteiger partial charge in [0, 0.05) is 26.2 Å². The van der Waals surface area contributed by atoms with Crippen LogP contribution in [0.2, 0.25) is 0 Å². The van der Waals surface area contributed by atoms with Crippen LogP contribution in [-0.2, 0) is 0 Å². The molecule has 0 aromatic carbocycles. The van der Waals surface area contributed by atoms with Gasteiger partial charge in [0.05, 0.1) is 5.39 Å². The van der Waals surface area contributed by atoms with Crippen LogP contribution in [0, 0.1) is 0 Å². The molecule has 2 fully saturated rings. The fraction of sp³-hybridized carbons (Fsp3) is 0.688. The van der Waals surface area contributed by atoms with Crippen LogP contribution in [0.25, 0.3) is 11.0 Å². The molecule has 0 atom stereocenters. The van der Waals surface area contributed by atoms with Crippen molar-refractivity contribution < 1.29 is 0 Å². The molecule has 0 unspecified atom stereocenters. The average molecular weight is 394 g/mol. The van der Waals surface area contributed by atoms with Crippen molar-refractivity contribution in [1.29, 1.82) is 0 Å². The first-order valence-corrected chi connectivity index (χ1v) is 9.65. The fourth-order valence-corrected chi connectivity index (χ4v) is 4.20. The lowest BCUT2D eigenvalue weighted by molar-refractivity contribution is 0.234. The van der Waals surface area contributed by atoms with Crippen LogP contribution in [0.1, 0.15) is 19.3 Å². The van der Waals surface area contributed by atoms with Crippen LogP contribution in [-0.4, -0.2) is 82.3 Å². The van der Waals surface area contributed by atoms with E-state index in [9.17, 15) is 0 Å². The van der Waals surface area contributed by atoms with Gasteiger partial charge in [-0.3, -0.25) is 10.00 Å². The van der Waals surface area contributed by atoms with Gasteiger partial charge in [0.1, 0.15) is 16.7 Å². The van der Waals surface area contributed by atoms with Crippen molar-refractivity contribution in [2.45, 2.75) is 19.3 Å². The van der Waals surface area contributed by atoms with E-state index in [2.05, 4.69) is 50.8 Å². The third-order valence-corrected chi connectivity index (χ3v) is 5.68. The number of nitrogens with one attached hydrogen (secondary N) is 1. The second-order valence-electron chi connectivity index (χ2n) is 6.66. The first kappa shape index (κ1) is 16.2. The minimum Gasteiger partial charge on any atom is -0.353 e. The number of hydrogen-bond acceptors (Lipinski definition) is 6. The summed E-state index contributed by atoms with van der Waals surface area (Å²) in [6.45, 7) is 9.28. The van der Waals surface area contributed by atoms with Gasteiger partial charge in [-0.1, -0.05) is 0 Å². The number of fused-ring (bicyclic) bond motifs is 1. The summed E-state index contributed by atoms with van der Waals surface area (Å²) >= 11 is 3.52. The highest BCUT2D eigenvalue weighted by molar-refractivity contribution is 9.10. The third-order valence-electron chi connectivity index (χ3n) is 5.11. The first-order valence-electron chi connectivity index (χ1n) is 8.85. The van der Waals surface area contributed by atoms with Gasteiger partial charge in [-0.15, -0.1) is 0 Å². The molecule has 0 radical (unpaired) electrons. The van der Waals surface area contributed by atoms with Gasteiger partial charge >= 0.3 is 0 Å². The van der Waals surface area contributed by atoms with Crippen molar-refractivity contribution in [3.05, 3.63) is 10.9 Å². The maximum absolute atomic E-state index is 4.50. The highest BCUT2D eigenvalue weighted by atomic mass is 79.9. The van der Waals surface area contributed by atoms with E-state index in [1.807, 2.05) is 0 Å². The molecule has 8 heteroatoms. The van der Waals surface area contributed by atoms with E-state index in [1.165, 1.54) is 45.4 Å². The van der Waals surface area contributed by atoms with Gasteiger partial charge in [0.15, 0.2) is 5.65 Å². The molecule has 2 aliphatic rings. The van der Waals surface area contributed by atoms with Crippen LogP contribution >= 0.6 is 15.9 Å². The first-order chi connectivity index (χ1) is 11.8. The monoisotopic (exact) mass is 393 g/mol. The minimum atomic E-state index is 0.722. The summed E-state index contributed by atoms with van der Waals surface area (Å²) in [5.74, 6) is 0.984. The minimum absolute atomic E-state index is 0.722. The predicted octanol–water partition coefficient (Wildman–Crippen LogP) is 1.72. The Morgan fingerprint density at radius 1 is 0.958 bits per heavy atom. The maximum Gasteiger partial charge on any atom is 0.187 e. The van der Waals surface area contributed by atoms with Crippen molar-refractivity contribution in [3.63, 3.8) is 0 Å². The SMILES string of the molecule is Brc1[nH]nc2ncnc(N3CCN(CCCN4CCCC4)CC3)c12. The molecule has 0 aliphatic carbocycles. The highest BCUT2D eigenvalue weighted by Gasteiger charge is 2.22. The zero-order valence-electron chi connectivity index (χ0n) is 13.9. The molecule has 4 rings (SSSR count). The number of anilines is 1. The molecule has 7 nitrogen and oxygen atoms in total. The number of H-pyrrole nitrogens is 1. The van der Waals surface area contributed by atoms with E-state index in [4.69, 9.17) is 0 Å². The number of likely N-dealkylation sites (tertiary alicyclic amines) is 1. The smallest absolute Gasteiger partial charge is 0.187 e. The van der Waals surface area contributed by atoms with Gasteiger partial charge in [-0.25, -0.2) is 9.97 Å². The molecule has 2 saturated heterocycles. The topological polar surface area (TPSA) is 64.2 Å². The lowest BCUT2D eigenvalue weighted by atomic mass is 10.2. The van der Waals surface area contributed by atoms with Crippen molar-refractivity contribution in [2.24, 2.45) is 0 Å². The van der Waals surface area contributed by atoms with Crippen LogP contribution in [0.3, 0.4) is 0 Å². The third kappa shape index (κ3) is 3.41. The lowest BCUT2D eigenvalue weighted by Crippen LogP contribution is -2.47. The summed E-state index contributed by atoms with van der Waals surface area (Å²) in [7, 11) is 0. The van der Waals surface area contributed by atoms with E-state index in [0.717, 1.165) is 47.6 Å². The Kier molecular flexibility index (Phi) is 4.96. The number of nitrogens with zero attached hydrogens (tertiary/aromatic N) is 6. The largest absolute Gasteiger partial charge is 0.353 e. The molecule has 4 heterocycles. The Balaban J connectivity index is 1.31. The summed E-state index contributed by atoms with van der Waals surface area (Å²) in [6.07, 6.45) is 5.66. The summed E-state index contributed by atoms with van der Waals surface area (Å²) in [5, 5.41) is 8.13. The molecular formula is C16H24BrN7. The van der Waals surface area contributed by atoms with Gasteiger partial charge < -0.3 is 9.80 Å². The fourth-order valence-electron chi connectivity index (χ4n) is 3.75. The Morgan fingerprint density at radius 2 is 1.67 bits per heavy atom. The second-order valence-corrected chi connectivity index (χ2v) is 7.46. The molecule has 0 spiro atoms. The number of hydrogen-bond donors (Lipinski definition) is 1. The van der Waals surface area contributed by atoms with Crippen LogP contribution in [0.5, 0.6) is 0 Å². The molecule has 2 aromatic heterocycles. The van der Waals surface area contributed by atoms with Crippen LogP contribution < -0.4 is 4.90 Å². The van der Waals surface area contributed by atoms with Gasteiger partial charge in [0.25, 0.3) is 0 Å². The van der Waals surface area contributed by atoms with E-state index >= 15 is 0 Å². The molecule has 0 bridgehead atoms. The number of halogens is 1. The lowest BCUT2D eigenvalue weighted by Gasteiger charge is -2.35. The van der Waals surface area contributed by atoms with Gasteiger partial charge in [-0.05, 0) is 61.4 Å². The highest BCUT2D eigenvalue weighted by Crippen LogP contribution is 2.28. The Morgan fingerprint density at radius 3 is 2.42 bits per heavy atom. The molecule has 24 heavy (non-hydrogen) atoms. The Hall–Kier alpha value is -1.25. The van der Waals surface area contributed by atoms with Crippen molar-refractivity contribution in [1.82, 2.24) is 30.0 Å². The summed E-state index contributed by atoms with van der Waals surface area (Å²) < 4.78 is 0.862. The molecule has 2 aromatic rings. The Labute approximate surface area is 150 Å². The summed E-state index contributed by atoms with van der Waals surface area (Å²) in [5.41, 5.74) is 0.722. The molecule has 1 N–H and O–H groups in total. The molecule has 0 saturated carbocycles. The zero-order chi connectivity index (χ0) is 16.4. The normalized spacial score (nSPS) is 20.3. The predicted molar refractivity (Wildman–Crippen MR) is 98.3 cm³/mol. The molecule has 130 valence electrons. The average Bonchev–Trinajstić information content (AvgIpc) is 3.26. The molecule has 0 amide bonds. The quantitative estimate of drug-likeness (QED) is 0.834. The van der Waals surface area contributed by atoms with E-state index in [-0.39, 0.29) is 0 Å². The van der Waals surface area contributed by atoms with Crippen molar-refractivity contribution >= 4 is 32.8 Å². The molecular weight excluding hydrogens is 370 g/mol. The van der Waals surface area contributed by atoms with Crippen LogP contribution in [0.4, 0.5) is 5.82 Å². The summed E-state index contributed by atoms with van der Waals surface area (Å²) in [4.78, 5) is 16.3. The van der Waals surface area contributed by atoms with E-state index < -0.39 is 0 Å². The number of aromatic amines is 1. The van der Waals surface area contributed by atoms with E-state index in [0.29, 0.717) is 0 Å². The summed E-state index contributed by atoms with van der Waals surface area (Å²) in [6, 6.07) is 0. The molecule has 2 aliphatic heterocycles. The van der Waals surface area contributed by atoms with Crippen molar-refractivity contribution in [2.75, 3.05) is 57.3 Å². The van der Waals surface area contributed by atoms with Crippen LogP contribution in [0.15, 0.2) is 10.9 Å². The van der Waals surface area contributed by atoms with Crippen molar-refractivity contribution in [3.8, 4) is 0 Å². The Bertz CT molecular complexity index is 674. The number of aromatic nitrogens is 4. The van der Waals surface area contributed by atoms with Gasteiger partial charge in [-0.2, -0.15) is 5.10 Å². The second kappa shape index (κ2) is 7.33. The number of rotatable bonds is 5. The van der Waals surface area contributed by atoms with E-state index in [1.54, 1.807) is 6.33 Å². The van der Waals surface area contributed by atoms with Gasteiger partial charge in [0.2, 0.25) is 0 Å². The maximum atomic E-state index is 4.50. The zero-order valence-corrected chi connectivity index (χ0v) is 15.5. The number of piperazine rings is 1. The standard InChI is InChI=1S/C16H24BrN7/c17-14-13-15(21-20-14)18-12-19-16(13)24-10-8-23(9-11-24)7-3-6-22-4-1-2-5-22/h12H,1-11H2,(H,18,19,20,21).